The highest BCUT2D eigenvalue weighted by Crippen LogP contribution is 2.23. The van der Waals surface area contributed by atoms with Crippen molar-refractivity contribution in [1.82, 2.24) is 9.96 Å². The van der Waals surface area contributed by atoms with Crippen molar-refractivity contribution < 1.29 is 19.2 Å². The van der Waals surface area contributed by atoms with Gasteiger partial charge in [0.1, 0.15) is 0 Å². The predicted molar refractivity (Wildman–Crippen MR) is 82.1 cm³/mol. The number of carbonyl (C=O) groups is 3. The van der Waals surface area contributed by atoms with E-state index in [0.717, 1.165) is 31.2 Å². The molecule has 23 heavy (non-hydrogen) atoms. The normalized spacial score (nSPS) is 21.7. The monoisotopic (exact) mass is 316 g/mol. The van der Waals surface area contributed by atoms with E-state index in [1.165, 1.54) is 0 Å². The molecule has 1 unspecified atom stereocenters. The molecular formula is C17H20N2O4. The van der Waals surface area contributed by atoms with Gasteiger partial charge in [0.25, 0.3) is 11.8 Å². The molecule has 0 spiro atoms. The second-order valence-corrected chi connectivity index (χ2v) is 5.97. The lowest BCUT2D eigenvalue weighted by molar-refractivity contribution is -0.174. The summed E-state index contributed by atoms with van der Waals surface area (Å²) in [5.74, 6) is -0.889. The highest BCUT2D eigenvalue weighted by Gasteiger charge is 2.36. The zero-order valence-electron chi connectivity index (χ0n) is 12.9. The van der Waals surface area contributed by atoms with Gasteiger partial charge in [-0.2, -0.15) is 0 Å². The summed E-state index contributed by atoms with van der Waals surface area (Å²) in [5.41, 5.74) is 1.16. The quantitative estimate of drug-likeness (QED) is 0.802. The summed E-state index contributed by atoms with van der Waals surface area (Å²) < 4.78 is 0. The summed E-state index contributed by atoms with van der Waals surface area (Å²) in [6, 6.07) is 10.0. The van der Waals surface area contributed by atoms with E-state index in [2.05, 4.69) is 0 Å². The molecule has 1 atom stereocenters. The van der Waals surface area contributed by atoms with E-state index in [0.29, 0.717) is 11.6 Å². The molecule has 2 aliphatic rings. The lowest BCUT2D eigenvalue weighted by atomic mass is 9.96. The zero-order valence-corrected chi connectivity index (χ0v) is 12.9. The minimum absolute atomic E-state index is 0.0338. The number of rotatable bonds is 3. The Balaban J connectivity index is 1.67. The standard InChI is InChI=1S/C17H20N2O4/c20-15-9-10-16(21)19(15)23-17(22)18-11-5-4-8-14(18)12-13-6-2-1-3-7-13/h1-3,6-7,14H,4-5,8-12H2. The zero-order chi connectivity index (χ0) is 16.2. The van der Waals surface area contributed by atoms with Gasteiger partial charge in [-0.15, -0.1) is 5.06 Å². The molecule has 0 aromatic heterocycles. The van der Waals surface area contributed by atoms with Gasteiger partial charge in [-0.25, -0.2) is 4.79 Å². The van der Waals surface area contributed by atoms with Gasteiger partial charge in [0.15, 0.2) is 0 Å². The average molecular weight is 316 g/mol. The van der Waals surface area contributed by atoms with Crippen LogP contribution in [0.2, 0.25) is 0 Å². The Kier molecular flexibility index (Phi) is 4.60. The maximum atomic E-state index is 12.4. The molecule has 1 aromatic carbocycles. The highest BCUT2D eigenvalue weighted by molar-refractivity contribution is 6.01. The lowest BCUT2D eigenvalue weighted by Gasteiger charge is -2.35. The molecule has 6 heteroatoms. The molecule has 3 rings (SSSR count). The molecule has 2 fully saturated rings. The lowest BCUT2D eigenvalue weighted by Crippen LogP contribution is -2.47. The number of hydrogen-bond acceptors (Lipinski definition) is 4. The molecule has 0 saturated carbocycles. The van der Waals surface area contributed by atoms with Crippen molar-refractivity contribution in [2.24, 2.45) is 0 Å². The van der Waals surface area contributed by atoms with E-state index in [9.17, 15) is 14.4 Å². The van der Waals surface area contributed by atoms with Crippen molar-refractivity contribution in [2.75, 3.05) is 6.54 Å². The molecule has 0 radical (unpaired) electrons. The van der Waals surface area contributed by atoms with Crippen LogP contribution in [-0.2, 0) is 20.8 Å². The van der Waals surface area contributed by atoms with Crippen molar-refractivity contribution in [3.63, 3.8) is 0 Å². The van der Waals surface area contributed by atoms with Crippen LogP contribution in [0.5, 0.6) is 0 Å². The first-order valence-corrected chi connectivity index (χ1v) is 8.03. The van der Waals surface area contributed by atoms with E-state index in [-0.39, 0.29) is 18.9 Å². The molecule has 122 valence electrons. The van der Waals surface area contributed by atoms with Crippen LogP contribution >= 0.6 is 0 Å². The maximum absolute atomic E-state index is 12.4. The van der Waals surface area contributed by atoms with Crippen LogP contribution in [0.15, 0.2) is 30.3 Å². The number of imide groups is 1. The Morgan fingerprint density at radius 2 is 1.78 bits per heavy atom. The van der Waals surface area contributed by atoms with Crippen molar-refractivity contribution in [3.05, 3.63) is 35.9 Å². The molecule has 0 N–H and O–H groups in total. The van der Waals surface area contributed by atoms with Gasteiger partial charge in [-0.3, -0.25) is 9.59 Å². The number of nitrogens with zero attached hydrogens (tertiary/aromatic N) is 2. The van der Waals surface area contributed by atoms with Crippen LogP contribution in [0, 0.1) is 0 Å². The fourth-order valence-electron chi connectivity index (χ4n) is 3.13. The maximum Gasteiger partial charge on any atom is 0.435 e. The van der Waals surface area contributed by atoms with E-state index in [1.807, 2.05) is 30.3 Å². The summed E-state index contributed by atoms with van der Waals surface area (Å²) in [7, 11) is 0. The van der Waals surface area contributed by atoms with Crippen molar-refractivity contribution in [1.29, 1.82) is 0 Å². The van der Waals surface area contributed by atoms with Crippen LogP contribution in [0.25, 0.3) is 0 Å². The third-order valence-corrected chi connectivity index (χ3v) is 4.35. The van der Waals surface area contributed by atoms with Crippen LogP contribution < -0.4 is 0 Å². The summed E-state index contributed by atoms with van der Waals surface area (Å²) in [5, 5.41) is 0.622. The Labute approximate surface area is 135 Å². The summed E-state index contributed by atoms with van der Waals surface area (Å²) in [6.07, 6.45) is 3.22. The fraction of sp³-hybridized carbons (Fsp3) is 0.471. The van der Waals surface area contributed by atoms with Gasteiger partial charge >= 0.3 is 6.09 Å². The second-order valence-electron chi connectivity index (χ2n) is 5.97. The minimum atomic E-state index is -0.603. The first kappa shape index (κ1) is 15.5. The molecular weight excluding hydrogens is 296 g/mol. The van der Waals surface area contributed by atoms with Crippen LogP contribution in [0.1, 0.15) is 37.7 Å². The minimum Gasteiger partial charge on any atom is -0.311 e. The van der Waals surface area contributed by atoms with Crippen molar-refractivity contribution in [2.45, 2.75) is 44.6 Å². The van der Waals surface area contributed by atoms with Gasteiger partial charge in [0.05, 0.1) is 0 Å². The van der Waals surface area contributed by atoms with E-state index in [1.54, 1.807) is 4.90 Å². The molecule has 2 aliphatic heterocycles. The number of amides is 3. The van der Waals surface area contributed by atoms with Gasteiger partial charge in [-0.1, -0.05) is 30.3 Å². The van der Waals surface area contributed by atoms with Gasteiger partial charge in [0, 0.05) is 25.4 Å². The number of likely N-dealkylation sites (tertiary alicyclic amines) is 1. The predicted octanol–water partition coefficient (Wildman–Crippen LogP) is 2.28. The number of benzene rings is 1. The van der Waals surface area contributed by atoms with Crippen molar-refractivity contribution in [3.8, 4) is 0 Å². The third kappa shape index (κ3) is 3.52. The number of piperidine rings is 1. The molecule has 2 heterocycles. The Morgan fingerprint density at radius 3 is 2.48 bits per heavy atom. The van der Waals surface area contributed by atoms with Gasteiger partial charge in [-0.05, 0) is 31.2 Å². The molecule has 0 aliphatic carbocycles. The molecule has 6 nitrogen and oxygen atoms in total. The van der Waals surface area contributed by atoms with E-state index >= 15 is 0 Å². The summed E-state index contributed by atoms with van der Waals surface area (Å²) in [6.45, 7) is 0.590. The largest absolute Gasteiger partial charge is 0.435 e. The fourth-order valence-corrected chi connectivity index (χ4v) is 3.13. The highest BCUT2D eigenvalue weighted by atomic mass is 16.7. The second kappa shape index (κ2) is 6.81. The number of hydroxylamine groups is 2. The Bertz CT molecular complexity index is 586. The molecule has 1 aromatic rings. The topological polar surface area (TPSA) is 66.9 Å². The Morgan fingerprint density at radius 1 is 1.09 bits per heavy atom. The van der Waals surface area contributed by atoms with Crippen molar-refractivity contribution >= 4 is 17.9 Å². The van der Waals surface area contributed by atoms with Crippen LogP contribution in [0.4, 0.5) is 4.79 Å². The smallest absolute Gasteiger partial charge is 0.311 e. The molecule has 2 saturated heterocycles. The number of hydrogen-bond donors (Lipinski definition) is 0. The van der Waals surface area contributed by atoms with Crippen LogP contribution in [-0.4, -0.2) is 40.5 Å². The molecule has 3 amide bonds. The SMILES string of the molecule is O=C1CCC(=O)N1OC(=O)N1CCCCC1Cc1ccccc1. The summed E-state index contributed by atoms with van der Waals surface area (Å²) >= 11 is 0. The first-order chi connectivity index (χ1) is 11.1. The first-order valence-electron chi connectivity index (χ1n) is 8.03. The van der Waals surface area contributed by atoms with Crippen LogP contribution in [0.3, 0.4) is 0 Å². The average Bonchev–Trinajstić information content (AvgIpc) is 2.88. The number of carbonyl (C=O) groups excluding carboxylic acids is 3. The molecule has 0 bridgehead atoms. The van der Waals surface area contributed by atoms with E-state index < -0.39 is 17.9 Å². The third-order valence-electron chi connectivity index (χ3n) is 4.35. The summed E-state index contributed by atoms with van der Waals surface area (Å²) in [4.78, 5) is 42.3. The Hall–Kier alpha value is -2.37. The van der Waals surface area contributed by atoms with Gasteiger partial charge in [0.2, 0.25) is 0 Å². The van der Waals surface area contributed by atoms with Gasteiger partial charge < -0.3 is 9.74 Å². The van der Waals surface area contributed by atoms with E-state index in [4.69, 9.17) is 4.84 Å².